The third-order valence-electron chi connectivity index (χ3n) is 3.33. The van der Waals surface area contributed by atoms with Crippen molar-refractivity contribution in [3.63, 3.8) is 0 Å². The molecule has 0 aliphatic carbocycles. The Morgan fingerprint density at radius 3 is 2.65 bits per heavy atom. The molecule has 0 saturated heterocycles. The summed E-state index contributed by atoms with van der Waals surface area (Å²) in [4.78, 5) is 0. The van der Waals surface area contributed by atoms with E-state index in [1.165, 1.54) is 12.1 Å². The van der Waals surface area contributed by atoms with Crippen molar-refractivity contribution in [1.29, 1.82) is 0 Å². The van der Waals surface area contributed by atoms with Gasteiger partial charge in [-0.1, -0.05) is 13.0 Å². The topological polar surface area (TPSA) is 55.9 Å². The largest absolute Gasteiger partial charge is 0.271 e. The molecule has 1 atom stereocenters. The van der Waals surface area contributed by atoms with Gasteiger partial charge in [0.05, 0.1) is 17.4 Å². The highest BCUT2D eigenvalue weighted by atomic mass is 19.1. The fourth-order valence-electron chi connectivity index (χ4n) is 2.20. The lowest BCUT2D eigenvalue weighted by molar-refractivity contribution is 0.492. The molecule has 1 aromatic heterocycles. The maximum absolute atomic E-state index is 13.7. The maximum Gasteiger partial charge on any atom is 0.129 e. The molecule has 0 aliphatic rings. The Bertz CT molecular complexity index is 595. The van der Waals surface area contributed by atoms with E-state index in [4.69, 9.17) is 5.84 Å². The minimum Gasteiger partial charge on any atom is -0.271 e. The monoisotopic (exact) mass is 280 g/mol. The molecule has 0 fully saturated rings. The van der Waals surface area contributed by atoms with Gasteiger partial charge in [-0.3, -0.25) is 16.0 Å². The SMILES string of the molecule is CCc1cc(C(Cc2ccc(F)cc2F)NN)n(C)n1. The minimum atomic E-state index is -0.586. The van der Waals surface area contributed by atoms with E-state index < -0.39 is 11.6 Å². The highest BCUT2D eigenvalue weighted by Gasteiger charge is 2.18. The highest BCUT2D eigenvalue weighted by molar-refractivity contribution is 5.23. The number of nitrogens with zero attached hydrogens (tertiary/aromatic N) is 2. The average molecular weight is 280 g/mol. The van der Waals surface area contributed by atoms with E-state index in [2.05, 4.69) is 10.5 Å². The van der Waals surface area contributed by atoms with Crippen molar-refractivity contribution < 1.29 is 8.78 Å². The first kappa shape index (κ1) is 14.6. The summed E-state index contributed by atoms with van der Waals surface area (Å²) in [5.74, 6) is 4.41. The van der Waals surface area contributed by atoms with Gasteiger partial charge in [0.2, 0.25) is 0 Å². The van der Waals surface area contributed by atoms with Gasteiger partial charge < -0.3 is 0 Å². The molecule has 3 N–H and O–H groups in total. The number of benzene rings is 1. The smallest absolute Gasteiger partial charge is 0.129 e. The molecule has 1 aromatic carbocycles. The van der Waals surface area contributed by atoms with Crippen molar-refractivity contribution in [2.24, 2.45) is 12.9 Å². The average Bonchev–Trinajstić information content (AvgIpc) is 2.79. The first-order valence-corrected chi connectivity index (χ1v) is 6.48. The van der Waals surface area contributed by atoms with Crippen LogP contribution in [0.2, 0.25) is 0 Å². The van der Waals surface area contributed by atoms with Gasteiger partial charge in [-0.25, -0.2) is 8.78 Å². The number of nitrogens with two attached hydrogens (primary N) is 1. The number of aromatic nitrogens is 2. The van der Waals surface area contributed by atoms with E-state index in [0.717, 1.165) is 23.9 Å². The van der Waals surface area contributed by atoms with Crippen molar-refractivity contribution in [2.45, 2.75) is 25.8 Å². The first-order chi connectivity index (χ1) is 9.55. The second kappa shape index (κ2) is 6.11. The molecule has 0 radical (unpaired) electrons. The van der Waals surface area contributed by atoms with E-state index in [-0.39, 0.29) is 6.04 Å². The van der Waals surface area contributed by atoms with Crippen LogP contribution in [0.5, 0.6) is 0 Å². The molecular weight excluding hydrogens is 262 g/mol. The Kier molecular flexibility index (Phi) is 4.46. The lowest BCUT2D eigenvalue weighted by Gasteiger charge is -2.16. The third kappa shape index (κ3) is 3.02. The van der Waals surface area contributed by atoms with E-state index in [9.17, 15) is 8.78 Å². The fraction of sp³-hybridized carbons (Fsp3) is 0.357. The molecule has 1 unspecified atom stereocenters. The Morgan fingerprint density at radius 2 is 2.10 bits per heavy atom. The molecule has 2 aromatic rings. The number of halogens is 2. The lowest BCUT2D eigenvalue weighted by atomic mass is 10.0. The lowest BCUT2D eigenvalue weighted by Crippen LogP contribution is -2.31. The van der Waals surface area contributed by atoms with Crippen LogP contribution in [0, 0.1) is 11.6 Å². The van der Waals surface area contributed by atoms with Crippen LogP contribution in [0.15, 0.2) is 24.3 Å². The van der Waals surface area contributed by atoms with Gasteiger partial charge in [0, 0.05) is 13.1 Å². The maximum atomic E-state index is 13.7. The molecule has 0 spiro atoms. The van der Waals surface area contributed by atoms with Crippen molar-refractivity contribution >= 4 is 0 Å². The second-order valence-electron chi connectivity index (χ2n) is 4.70. The summed E-state index contributed by atoms with van der Waals surface area (Å²) in [6, 6.07) is 5.21. The summed E-state index contributed by atoms with van der Waals surface area (Å²) in [7, 11) is 1.82. The van der Waals surface area contributed by atoms with Gasteiger partial charge in [-0.05, 0) is 30.5 Å². The molecule has 0 amide bonds. The zero-order chi connectivity index (χ0) is 14.7. The number of hydrogen-bond donors (Lipinski definition) is 2. The van der Waals surface area contributed by atoms with Crippen molar-refractivity contribution in [2.75, 3.05) is 0 Å². The zero-order valence-corrected chi connectivity index (χ0v) is 11.5. The van der Waals surface area contributed by atoms with Gasteiger partial charge in [-0.2, -0.15) is 5.10 Å². The molecule has 2 rings (SSSR count). The summed E-state index contributed by atoms with van der Waals surface area (Å²) in [6.07, 6.45) is 1.14. The van der Waals surface area contributed by atoms with Crippen LogP contribution in [-0.4, -0.2) is 9.78 Å². The Hall–Kier alpha value is -1.79. The Labute approximate surface area is 116 Å². The van der Waals surface area contributed by atoms with Crippen molar-refractivity contribution in [1.82, 2.24) is 15.2 Å². The quantitative estimate of drug-likeness (QED) is 0.650. The summed E-state index contributed by atoms with van der Waals surface area (Å²) in [5.41, 5.74) is 4.89. The summed E-state index contributed by atoms with van der Waals surface area (Å²) >= 11 is 0. The molecule has 4 nitrogen and oxygen atoms in total. The van der Waals surface area contributed by atoms with Gasteiger partial charge in [0.25, 0.3) is 0 Å². The van der Waals surface area contributed by atoms with Gasteiger partial charge >= 0.3 is 0 Å². The molecule has 108 valence electrons. The van der Waals surface area contributed by atoms with E-state index in [0.29, 0.717) is 12.0 Å². The van der Waals surface area contributed by atoms with Crippen LogP contribution in [-0.2, 0) is 19.9 Å². The molecule has 0 saturated carbocycles. The summed E-state index contributed by atoms with van der Waals surface area (Å²) < 4.78 is 28.3. The molecule has 20 heavy (non-hydrogen) atoms. The van der Waals surface area contributed by atoms with Gasteiger partial charge in [0.15, 0.2) is 0 Å². The first-order valence-electron chi connectivity index (χ1n) is 6.48. The second-order valence-corrected chi connectivity index (χ2v) is 4.70. The van der Waals surface area contributed by atoms with Crippen molar-refractivity contribution in [3.05, 3.63) is 52.9 Å². The number of aryl methyl sites for hydroxylation is 2. The fourth-order valence-corrected chi connectivity index (χ4v) is 2.20. The van der Waals surface area contributed by atoms with Crippen LogP contribution in [0.3, 0.4) is 0 Å². The molecule has 1 heterocycles. The van der Waals surface area contributed by atoms with Crippen molar-refractivity contribution in [3.8, 4) is 0 Å². The number of hydrogen-bond acceptors (Lipinski definition) is 3. The summed E-state index contributed by atoms with van der Waals surface area (Å²) in [6.45, 7) is 2.01. The molecule has 6 heteroatoms. The van der Waals surface area contributed by atoms with Gasteiger partial charge in [-0.15, -0.1) is 0 Å². The predicted octanol–water partition coefficient (Wildman–Crippen LogP) is 2.01. The summed E-state index contributed by atoms with van der Waals surface area (Å²) in [5, 5.41) is 4.34. The van der Waals surface area contributed by atoms with E-state index >= 15 is 0 Å². The minimum absolute atomic E-state index is 0.284. The van der Waals surface area contributed by atoms with Crippen LogP contribution >= 0.6 is 0 Å². The number of rotatable bonds is 5. The molecular formula is C14H18F2N4. The molecule has 0 aliphatic heterocycles. The Morgan fingerprint density at radius 1 is 1.35 bits per heavy atom. The van der Waals surface area contributed by atoms with Crippen LogP contribution in [0.25, 0.3) is 0 Å². The predicted molar refractivity (Wildman–Crippen MR) is 72.7 cm³/mol. The normalized spacial score (nSPS) is 12.7. The number of hydrazine groups is 1. The number of nitrogens with one attached hydrogen (secondary N) is 1. The van der Waals surface area contributed by atoms with Crippen LogP contribution in [0.4, 0.5) is 8.78 Å². The van der Waals surface area contributed by atoms with Gasteiger partial charge in [0.1, 0.15) is 11.6 Å². The standard InChI is InChI=1S/C14H18F2N4/c1-3-11-8-14(20(2)19-11)13(18-17)6-9-4-5-10(15)7-12(9)16/h4-5,7-8,13,18H,3,6,17H2,1-2H3. The van der Waals surface area contributed by atoms with Crippen LogP contribution < -0.4 is 11.3 Å². The molecule has 0 bridgehead atoms. The highest BCUT2D eigenvalue weighted by Crippen LogP contribution is 2.21. The van der Waals surface area contributed by atoms with E-state index in [1.54, 1.807) is 4.68 Å². The Balaban J connectivity index is 2.26. The third-order valence-corrected chi connectivity index (χ3v) is 3.33. The van der Waals surface area contributed by atoms with E-state index in [1.807, 2.05) is 20.0 Å². The van der Waals surface area contributed by atoms with Crippen LogP contribution in [0.1, 0.15) is 29.9 Å². The zero-order valence-electron chi connectivity index (χ0n) is 11.5.